The van der Waals surface area contributed by atoms with Crippen LogP contribution in [0.4, 0.5) is 0 Å². The van der Waals surface area contributed by atoms with Crippen molar-refractivity contribution in [1.82, 2.24) is 4.90 Å². The van der Waals surface area contributed by atoms with Crippen LogP contribution in [0.15, 0.2) is 0 Å². The maximum Gasteiger partial charge on any atom is 0.0394 e. The Morgan fingerprint density at radius 2 is 3.14 bits per heavy atom. The molecule has 7 heavy (non-hydrogen) atoms. The van der Waals surface area contributed by atoms with Crippen molar-refractivity contribution in [3.05, 3.63) is 0 Å². The van der Waals surface area contributed by atoms with Gasteiger partial charge in [-0.3, -0.25) is 0 Å². The summed E-state index contributed by atoms with van der Waals surface area (Å²) in [7, 11) is 0.226. The Bertz CT molecular complexity index is 126. The van der Waals surface area contributed by atoms with Crippen molar-refractivity contribution in [1.29, 1.82) is 0 Å². The first-order valence-corrected chi connectivity index (χ1v) is 2.50. The molecule has 1 heteroatoms. The van der Waals surface area contributed by atoms with Gasteiger partial charge in [0.05, 0.1) is 0 Å². The topological polar surface area (TPSA) is 3.24 Å². The molecule has 0 saturated carbocycles. The highest BCUT2D eigenvalue weighted by Gasteiger charge is 2.13. The Balaban J connectivity index is 2.53. The fourth-order valence-electron chi connectivity index (χ4n) is 0.767. The van der Waals surface area contributed by atoms with E-state index in [0.29, 0.717) is 13.1 Å². The predicted molar refractivity (Wildman–Crippen MR) is 31.3 cm³/mol. The number of hydrogen-bond acceptors (Lipinski definition) is 1. The minimum absolute atomic E-state index is 0.226. The molecule has 0 bridgehead atoms. The molecule has 0 N–H and O–H groups in total. The Morgan fingerprint density at radius 1 is 2.29 bits per heavy atom. The van der Waals surface area contributed by atoms with Crippen molar-refractivity contribution < 1.29 is 4.11 Å². The smallest absolute Gasteiger partial charge is 0.0394 e. The monoisotopic (exact) mass is 103 g/mol. The molecule has 0 amide bonds. The van der Waals surface area contributed by atoms with Crippen molar-refractivity contribution in [2.75, 3.05) is 20.1 Å². The lowest BCUT2D eigenvalue weighted by Gasteiger charge is -2.03. The highest BCUT2D eigenvalue weighted by atomic mass is 15.1. The lowest BCUT2D eigenvalue weighted by atomic mass is 10.2. The van der Waals surface area contributed by atoms with Gasteiger partial charge in [0.1, 0.15) is 0 Å². The molecule has 0 aromatic carbocycles. The second-order valence-corrected chi connectivity index (χ2v) is 2.06. The molecule has 1 nitrogen and oxygen atoms in total. The van der Waals surface area contributed by atoms with Crippen LogP contribution in [0.25, 0.3) is 0 Å². The van der Waals surface area contributed by atoms with Gasteiger partial charge in [-0.25, -0.2) is 0 Å². The summed E-state index contributed by atoms with van der Waals surface area (Å²) in [4.78, 5) is 1.82. The van der Waals surface area contributed by atoms with Gasteiger partial charge in [0.25, 0.3) is 0 Å². The molecule has 0 radical (unpaired) electrons. The molecule has 1 fully saturated rings. The summed E-state index contributed by atoms with van der Waals surface area (Å²) in [6.45, 7) is 2.93. The average molecular weight is 103 g/mol. The van der Waals surface area contributed by atoms with Crippen LogP contribution in [0, 0.1) is 5.89 Å². The molecule has 1 rings (SSSR count). The van der Waals surface area contributed by atoms with Crippen LogP contribution in [-0.4, -0.2) is 25.0 Å². The molecule has 0 aliphatic carbocycles. The molecule has 1 saturated heterocycles. The SMILES string of the molecule is [2H]C1CN(C[3H])CC1([2H])C. The maximum atomic E-state index is 7.61. The van der Waals surface area contributed by atoms with Gasteiger partial charge >= 0.3 is 0 Å². The summed E-state index contributed by atoms with van der Waals surface area (Å²) in [5, 5.41) is 0. The first kappa shape index (κ1) is 2.49. The second-order valence-electron chi connectivity index (χ2n) is 2.06. The minimum atomic E-state index is -0.652. The van der Waals surface area contributed by atoms with Crippen LogP contribution in [0.3, 0.4) is 0 Å². The Kier molecular flexibility index (Phi) is 0.650. The van der Waals surface area contributed by atoms with E-state index in [4.69, 9.17) is 4.11 Å². The molecular formula is C6H13N. The maximum absolute atomic E-state index is 7.61. The van der Waals surface area contributed by atoms with Gasteiger partial charge in [-0.05, 0) is 25.9 Å². The lowest BCUT2D eigenvalue weighted by molar-refractivity contribution is 0.402. The van der Waals surface area contributed by atoms with Gasteiger partial charge in [-0.2, -0.15) is 0 Å². The second kappa shape index (κ2) is 1.83. The van der Waals surface area contributed by atoms with E-state index in [-0.39, 0.29) is 13.4 Å². The van der Waals surface area contributed by atoms with Crippen molar-refractivity contribution in [3.63, 3.8) is 0 Å². The zero-order valence-corrected chi connectivity index (χ0v) is 4.65. The normalized spacial score (nSPS) is 61.3. The molecule has 0 aromatic rings. The van der Waals surface area contributed by atoms with Crippen molar-refractivity contribution >= 4 is 0 Å². The zero-order valence-electron chi connectivity index (χ0n) is 7.65. The van der Waals surface area contributed by atoms with Gasteiger partial charge in [0.15, 0.2) is 0 Å². The van der Waals surface area contributed by atoms with E-state index in [1.165, 1.54) is 0 Å². The Hall–Kier alpha value is -0.0400. The third-order valence-electron chi connectivity index (χ3n) is 1.17. The summed E-state index contributed by atoms with van der Waals surface area (Å²) < 4.78 is 22.1. The van der Waals surface area contributed by atoms with Crippen molar-refractivity contribution in [2.24, 2.45) is 5.89 Å². The summed E-state index contributed by atoms with van der Waals surface area (Å²) in [6.07, 6.45) is -0.335. The van der Waals surface area contributed by atoms with Crippen molar-refractivity contribution in [2.45, 2.75) is 13.3 Å². The van der Waals surface area contributed by atoms with Crippen LogP contribution in [-0.2, 0) is 0 Å². The average Bonchev–Trinajstić information content (AvgIpc) is 2.08. The van der Waals surface area contributed by atoms with Crippen LogP contribution < -0.4 is 0 Å². The molecule has 1 aliphatic heterocycles. The molecule has 2 unspecified atom stereocenters. The number of rotatable bonds is 0. The number of hydrogen-bond donors (Lipinski definition) is 0. The van der Waals surface area contributed by atoms with Gasteiger partial charge in [-0.1, -0.05) is 6.92 Å². The molecule has 42 valence electrons. The Morgan fingerprint density at radius 3 is 3.43 bits per heavy atom. The summed E-state index contributed by atoms with van der Waals surface area (Å²) in [6, 6.07) is 0. The summed E-state index contributed by atoms with van der Waals surface area (Å²) in [5.41, 5.74) is 0. The molecule has 0 aromatic heterocycles. The summed E-state index contributed by atoms with van der Waals surface area (Å²) >= 11 is 0. The van der Waals surface area contributed by atoms with Crippen LogP contribution in [0.1, 0.15) is 17.4 Å². The third-order valence-corrected chi connectivity index (χ3v) is 1.17. The first-order chi connectivity index (χ1) is 4.56. The van der Waals surface area contributed by atoms with E-state index in [1.54, 1.807) is 6.92 Å². The molecule has 0 spiro atoms. The highest BCUT2D eigenvalue weighted by molar-refractivity contribution is 4.67. The molecule has 2 atom stereocenters. The van der Waals surface area contributed by atoms with Gasteiger partial charge in [0, 0.05) is 10.7 Å². The zero-order chi connectivity index (χ0) is 7.78. The van der Waals surface area contributed by atoms with E-state index >= 15 is 0 Å². The fourth-order valence-corrected chi connectivity index (χ4v) is 0.767. The number of likely N-dealkylation sites (tertiary alicyclic amines) is 1. The van der Waals surface area contributed by atoms with E-state index in [1.807, 2.05) is 4.90 Å². The van der Waals surface area contributed by atoms with E-state index < -0.39 is 5.89 Å². The van der Waals surface area contributed by atoms with Crippen LogP contribution >= 0.6 is 0 Å². The standard InChI is InChI=1S/C6H13N/c1-6-3-4-7(2)5-6/h6H,3-5H2,1-2H3/i2T,3D,6D. The first-order valence-electron chi connectivity index (χ1n) is 4.28. The van der Waals surface area contributed by atoms with Crippen LogP contribution in [0.2, 0.25) is 0 Å². The Labute approximate surface area is 49.5 Å². The lowest BCUT2D eigenvalue weighted by Crippen LogP contribution is -2.12. The summed E-state index contributed by atoms with van der Waals surface area (Å²) in [5.74, 6) is -0.652. The minimum Gasteiger partial charge on any atom is -0.306 e. The van der Waals surface area contributed by atoms with Gasteiger partial charge in [-0.15, -0.1) is 0 Å². The van der Waals surface area contributed by atoms with Crippen molar-refractivity contribution in [3.8, 4) is 0 Å². The molecule has 1 aliphatic rings. The molecular weight excluding hydrogens is 86.1 g/mol. The van der Waals surface area contributed by atoms with E-state index in [9.17, 15) is 0 Å². The fraction of sp³-hybridized carbons (Fsp3) is 1.00. The predicted octanol–water partition coefficient (Wildman–Crippen LogP) is 0.958. The quantitative estimate of drug-likeness (QED) is 0.441. The third kappa shape index (κ3) is 1.16. The number of nitrogens with zero attached hydrogens (tertiary/aromatic N) is 1. The van der Waals surface area contributed by atoms with E-state index in [2.05, 4.69) is 0 Å². The molecule has 1 heterocycles. The largest absolute Gasteiger partial charge is 0.306 e. The van der Waals surface area contributed by atoms with Crippen LogP contribution in [0.5, 0.6) is 0 Å². The van der Waals surface area contributed by atoms with Gasteiger partial charge in [0.2, 0.25) is 0 Å². The van der Waals surface area contributed by atoms with Gasteiger partial charge < -0.3 is 4.90 Å². The highest BCUT2D eigenvalue weighted by Crippen LogP contribution is 2.11. The van der Waals surface area contributed by atoms with E-state index in [0.717, 1.165) is 0 Å².